The Labute approximate surface area is 252 Å². The molecule has 2 aromatic carbocycles. The van der Waals surface area contributed by atoms with Gasteiger partial charge in [0.1, 0.15) is 0 Å². The van der Waals surface area contributed by atoms with Crippen LogP contribution in [0.2, 0.25) is 0 Å². The van der Waals surface area contributed by atoms with Crippen molar-refractivity contribution in [2.75, 3.05) is 33.3 Å². The molecule has 1 unspecified atom stereocenters. The maximum Gasteiger partial charge on any atom is 0.311 e. The second-order valence-electron chi connectivity index (χ2n) is 10.2. The van der Waals surface area contributed by atoms with Crippen molar-refractivity contribution in [3.8, 4) is 5.75 Å². The van der Waals surface area contributed by atoms with Gasteiger partial charge in [0, 0.05) is 12.1 Å². The van der Waals surface area contributed by atoms with E-state index in [-0.39, 0.29) is 40.3 Å². The fourth-order valence-electron chi connectivity index (χ4n) is 5.56. The molecule has 2 N–H and O–H groups in total. The fraction of sp³-hybridized carbons (Fsp3) is 0.552. The van der Waals surface area contributed by atoms with Crippen molar-refractivity contribution in [3.05, 3.63) is 66.8 Å². The largest absolute Gasteiger partial charge is 0.490 e. The Morgan fingerprint density at radius 1 is 1.10 bits per heavy atom. The van der Waals surface area contributed by atoms with Gasteiger partial charge < -0.3 is 19.9 Å². The number of hydrogen-bond donors (Lipinski definition) is 2. The van der Waals surface area contributed by atoms with Crippen LogP contribution >= 0.6 is 36.2 Å². The summed E-state index contributed by atoms with van der Waals surface area (Å²) in [6, 6.07) is 10.3. The van der Waals surface area contributed by atoms with E-state index in [1.165, 1.54) is 55.3 Å². The van der Waals surface area contributed by atoms with E-state index in [9.17, 15) is 14.9 Å². The number of fused-ring (bicyclic) bond motifs is 2. The van der Waals surface area contributed by atoms with Crippen molar-refractivity contribution in [2.45, 2.75) is 70.8 Å². The van der Waals surface area contributed by atoms with E-state index in [4.69, 9.17) is 4.74 Å². The van der Waals surface area contributed by atoms with Crippen LogP contribution < -0.4 is 14.9 Å². The zero-order valence-corrected chi connectivity index (χ0v) is 25.9. The summed E-state index contributed by atoms with van der Waals surface area (Å²) in [5.41, 5.74) is 4.55. The number of hydrogen-bond acceptors (Lipinski definition) is 7. The maximum absolute atomic E-state index is 11.5. The Kier molecular flexibility index (Phi) is 14.4. The van der Waals surface area contributed by atoms with Crippen molar-refractivity contribution in [1.82, 2.24) is 15.2 Å². The Bertz CT molecular complexity index is 1280. The minimum atomic E-state index is -0.339. The molecule has 0 bridgehead atoms. The van der Waals surface area contributed by atoms with E-state index in [0.717, 1.165) is 74.1 Å². The highest BCUT2D eigenvalue weighted by Gasteiger charge is 2.27. The predicted octanol–water partition coefficient (Wildman–Crippen LogP) is 6.31. The van der Waals surface area contributed by atoms with Gasteiger partial charge in [-0.1, -0.05) is 37.2 Å². The maximum atomic E-state index is 11.5. The lowest BCUT2D eigenvalue weighted by Crippen LogP contribution is -2.40. The average Bonchev–Trinajstić information content (AvgIpc) is 3.29. The molecule has 0 saturated carbocycles. The van der Waals surface area contributed by atoms with E-state index in [1.807, 2.05) is 12.1 Å². The van der Waals surface area contributed by atoms with Gasteiger partial charge in [0.15, 0.2) is 5.75 Å². The molecule has 1 aromatic heterocycles. The molecule has 0 saturated heterocycles. The molecule has 0 radical (unpaired) electrons. The van der Waals surface area contributed by atoms with Crippen LogP contribution in [0.3, 0.4) is 0 Å². The summed E-state index contributed by atoms with van der Waals surface area (Å²) in [7, 11) is 1.50. The van der Waals surface area contributed by atoms with Crippen LogP contribution in [0.15, 0.2) is 35.1 Å². The van der Waals surface area contributed by atoms with Gasteiger partial charge in [0.05, 0.1) is 22.2 Å². The minimum absolute atomic E-state index is 0. The number of aromatic amines is 1. The van der Waals surface area contributed by atoms with Crippen LogP contribution in [-0.4, -0.2) is 54.1 Å². The molecule has 0 amide bonds. The lowest BCUT2D eigenvalue weighted by molar-refractivity contribution is -0.385. The molecule has 8 nitrogen and oxygen atoms in total. The summed E-state index contributed by atoms with van der Waals surface area (Å²) in [4.78, 5) is 28.1. The van der Waals surface area contributed by atoms with Gasteiger partial charge in [-0.05, 0) is 106 Å². The topological polar surface area (TPSA) is 100 Å². The average molecular weight is 614 g/mol. The number of methoxy groups -OCH3 is 1. The van der Waals surface area contributed by atoms with Crippen molar-refractivity contribution in [1.29, 1.82) is 0 Å². The number of aryl methyl sites for hydroxylation is 1. The van der Waals surface area contributed by atoms with Gasteiger partial charge in [-0.3, -0.25) is 14.9 Å². The van der Waals surface area contributed by atoms with Gasteiger partial charge in [-0.15, -0.1) is 24.8 Å². The number of benzene rings is 2. The molecule has 1 aliphatic rings. The first kappa shape index (κ1) is 34.0. The third-order valence-corrected chi connectivity index (χ3v) is 8.40. The van der Waals surface area contributed by atoms with Crippen LogP contribution in [-0.2, 0) is 19.3 Å². The minimum Gasteiger partial charge on any atom is -0.490 e. The van der Waals surface area contributed by atoms with Crippen molar-refractivity contribution in [2.24, 2.45) is 0 Å². The molecule has 11 heteroatoms. The normalized spacial score (nSPS) is 14.4. The van der Waals surface area contributed by atoms with E-state index >= 15 is 0 Å². The van der Waals surface area contributed by atoms with E-state index in [0.29, 0.717) is 11.8 Å². The highest BCUT2D eigenvalue weighted by Crippen LogP contribution is 2.35. The van der Waals surface area contributed by atoms with E-state index in [1.54, 1.807) is 6.07 Å². The highest BCUT2D eigenvalue weighted by molar-refractivity contribution is 7.16. The lowest BCUT2D eigenvalue weighted by atomic mass is 9.86. The number of unbranched alkanes of at least 4 members (excludes halogenated alkanes) is 3. The summed E-state index contributed by atoms with van der Waals surface area (Å²) >= 11 is 1.27. The molecule has 0 aliphatic heterocycles. The number of nitro groups is 1. The quantitative estimate of drug-likeness (QED) is 0.118. The monoisotopic (exact) mass is 612 g/mol. The predicted molar refractivity (Wildman–Crippen MR) is 169 cm³/mol. The Morgan fingerprint density at radius 2 is 1.90 bits per heavy atom. The first-order valence-electron chi connectivity index (χ1n) is 13.9. The molecular weight excluding hydrogens is 571 g/mol. The summed E-state index contributed by atoms with van der Waals surface area (Å²) < 4.78 is 6.29. The SMILES string of the molecule is CCCN(CCCCCCNCCc1ccc2[nH]c(=O)sc2c1)C1CCc2cc(OC)c([N+](=O)[O-])cc2C1.Cl.Cl. The van der Waals surface area contributed by atoms with E-state index in [2.05, 4.69) is 34.3 Å². The zero-order chi connectivity index (χ0) is 26.9. The number of halogens is 2. The van der Waals surface area contributed by atoms with Crippen molar-refractivity contribution >= 4 is 52.1 Å². The molecule has 1 atom stereocenters. The van der Waals surface area contributed by atoms with Gasteiger partial charge in [-0.2, -0.15) is 0 Å². The van der Waals surface area contributed by atoms with Crippen molar-refractivity contribution < 1.29 is 9.66 Å². The zero-order valence-electron chi connectivity index (χ0n) is 23.4. The van der Waals surface area contributed by atoms with Gasteiger partial charge >= 0.3 is 10.6 Å². The molecule has 4 rings (SSSR count). The molecule has 40 heavy (non-hydrogen) atoms. The number of H-pyrrole nitrogens is 1. The second-order valence-corrected chi connectivity index (χ2v) is 11.3. The number of thiazole rings is 1. The van der Waals surface area contributed by atoms with Crippen LogP contribution in [0, 0.1) is 10.1 Å². The molecular formula is C29H42Cl2N4O4S. The number of nitrogens with zero attached hydrogens (tertiary/aromatic N) is 2. The Hall–Kier alpha value is -2.17. The summed E-state index contributed by atoms with van der Waals surface area (Å²) in [6.45, 7) is 6.37. The third-order valence-electron chi connectivity index (χ3n) is 7.55. The first-order valence-corrected chi connectivity index (χ1v) is 14.7. The number of ether oxygens (including phenoxy) is 1. The van der Waals surface area contributed by atoms with Gasteiger partial charge in [-0.25, -0.2) is 0 Å². The summed E-state index contributed by atoms with van der Waals surface area (Å²) in [6.07, 6.45) is 9.79. The molecule has 0 spiro atoms. The molecule has 222 valence electrons. The Balaban J connectivity index is 0.00000280. The van der Waals surface area contributed by atoms with Crippen LogP contribution in [0.1, 0.15) is 62.1 Å². The lowest BCUT2D eigenvalue weighted by Gasteiger charge is -2.35. The smallest absolute Gasteiger partial charge is 0.311 e. The molecule has 0 fully saturated rings. The van der Waals surface area contributed by atoms with Crippen LogP contribution in [0.5, 0.6) is 5.75 Å². The van der Waals surface area contributed by atoms with Crippen LogP contribution in [0.4, 0.5) is 5.69 Å². The molecule has 3 aromatic rings. The van der Waals surface area contributed by atoms with E-state index < -0.39 is 0 Å². The third kappa shape index (κ3) is 9.17. The summed E-state index contributed by atoms with van der Waals surface area (Å²) in [5.74, 6) is 0.365. The first-order chi connectivity index (χ1) is 18.5. The van der Waals surface area contributed by atoms with Crippen LogP contribution in [0.25, 0.3) is 10.2 Å². The molecule has 1 aliphatic carbocycles. The summed E-state index contributed by atoms with van der Waals surface area (Å²) in [5, 5.41) is 15.0. The standard InChI is InChI=1S/C29H40N4O4S.2ClH/c1-3-15-32(24-10-9-22-20-27(37-2)26(33(35)36)19-23(22)18-24)16-7-5-4-6-13-30-14-12-21-8-11-25-28(17-21)38-29(34)31-25;;/h8,11,17,19-20,24,30H,3-7,9-10,12-16,18H2,1-2H3,(H,31,34);2*1H. The number of rotatable bonds is 15. The Morgan fingerprint density at radius 3 is 2.65 bits per heavy atom. The van der Waals surface area contributed by atoms with Crippen molar-refractivity contribution in [3.63, 3.8) is 0 Å². The van der Waals surface area contributed by atoms with Gasteiger partial charge in [0.25, 0.3) is 0 Å². The second kappa shape index (κ2) is 16.9. The molecule has 1 heterocycles. The number of nitrogens with one attached hydrogen (secondary N) is 2. The number of aromatic nitrogens is 1. The highest BCUT2D eigenvalue weighted by atomic mass is 35.5. The fourth-order valence-corrected chi connectivity index (χ4v) is 6.36. The number of nitro benzene ring substituents is 1. The van der Waals surface area contributed by atoms with Gasteiger partial charge in [0.2, 0.25) is 0 Å².